The summed E-state index contributed by atoms with van der Waals surface area (Å²) in [6, 6.07) is 15.1. The Labute approximate surface area is 177 Å². The molecule has 2 aromatic carbocycles. The second-order valence-corrected chi connectivity index (χ2v) is 8.49. The zero-order chi connectivity index (χ0) is 21.6. The molecule has 3 aromatic rings. The van der Waals surface area contributed by atoms with Crippen molar-refractivity contribution in [2.24, 2.45) is 5.14 Å². The van der Waals surface area contributed by atoms with Gasteiger partial charge in [-0.1, -0.05) is 36.4 Å². The predicted octanol–water partition coefficient (Wildman–Crippen LogP) is 2.20. The van der Waals surface area contributed by atoms with Crippen LogP contribution in [0.15, 0.2) is 64.9 Å². The molecule has 0 aliphatic carbocycles. The Bertz CT molecular complexity index is 1150. The molecule has 1 amide bonds. The van der Waals surface area contributed by atoms with Crippen LogP contribution in [0.3, 0.4) is 0 Å². The summed E-state index contributed by atoms with van der Waals surface area (Å²) in [6.45, 7) is 0.00553. The summed E-state index contributed by atoms with van der Waals surface area (Å²) >= 11 is 1.25. The molecule has 0 saturated heterocycles. The van der Waals surface area contributed by atoms with Crippen LogP contribution >= 0.6 is 11.3 Å². The van der Waals surface area contributed by atoms with E-state index in [2.05, 4.69) is 15.6 Å². The lowest BCUT2D eigenvalue weighted by Crippen LogP contribution is -2.21. The van der Waals surface area contributed by atoms with E-state index in [0.717, 1.165) is 5.56 Å². The average molecular weight is 447 g/mol. The quantitative estimate of drug-likeness (QED) is 0.451. The van der Waals surface area contributed by atoms with Crippen molar-refractivity contribution in [2.75, 3.05) is 17.2 Å². The number of nitrogens with zero attached hydrogens (tertiary/aromatic N) is 1. The third-order valence-electron chi connectivity index (χ3n) is 3.78. The van der Waals surface area contributed by atoms with Crippen molar-refractivity contribution in [3.8, 4) is 0 Å². The number of hydrogen-bond donors (Lipinski definition) is 3. The number of amides is 1. The number of benzene rings is 2. The summed E-state index contributed by atoms with van der Waals surface area (Å²) in [6.07, 6.45) is 0. The lowest BCUT2D eigenvalue weighted by atomic mass is 10.2. The van der Waals surface area contributed by atoms with Gasteiger partial charge in [-0.25, -0.2) is 23.3 Å². The Hall–Kier alpha value is -3.28. The second kappa shape index (κ2) is 9.48. The monoisotopic (exact) mass is 446 g/mol. The number of thiazole rings is 1. The van der Waals surface area contributed by atoms with Gasteiger partial charge in [-0.2, -0.15) is 0 Å². The van der Waals surface area contributed by atoms with E-state index in [1.165, 1.54) is 41.0 Å². The van der Waals surface area contributed by atoms with Crippen molar-refractivity contribution in [2.45, 2.75) is 11.4 Å². The molecule has 1 heterocycles. The second-order valence-electron chi connectivity index (χ2n) is 6.07. The molecule has 1 aromatic heterocycles. The van der Waals surface area contributed by atoms with Crippen LogP contribution in [0.25, 0.3) is 0 Å². The minimum absolute atomic E-state index is 0.0829. The molecule has 3 rings (SSSR count). The molecular formula is C19H18N4O5S2. The van der Waals surface area contributed by atoms with Crippen molar-refractivity contribution >= 4 is 44.1 Å². The van der Waals surface area contributed by atoms with Crippen LogP contribution < -0.4 is 15.8 Å². The van der Waals surface area contributed by atoms with E-state index in [-0.39, 0.29) is 16.3 Å². The average Bonchev–Trinajstić information content (AvgIpc) is 3.20. The number of sulfonamides is 1. The van der Waals surface area contributed by atoms with Gasteiger partial charge in [0.05, 0.1) is 4.90 Å². The maximum absolute atomic E-state index is 12.1. The smallest absolute Gasteiger partial charge is 0.358 e. The highest BCUT2D eigenvalue weighted by molar-refractivity contribution is 7.89. The van der Waals surface area contributed by atoms with Gasteiger partial charge in [-0.3, -0.25) is 4.79 Å². The Balaban J connectivity index is 1.49. The van der Waals surface area contributed by atoms with E-state index in [1.807, 2.05) is 30.3 Å². The number of primary sulfonamides is 1. The molecule has 0 aliphatic heterocycles. The number of esters is 1. The number of nitrogens with two attached hydrogens (primary N) is 1. The lowest BCUT2D eigenvalue weighted by molar-refractivity contribution is -0.119. The van der Waals surface area contributed by atoms with Gasteiger partial charge >= 0.3 is 5.97 Å². The number of anilines is 2. The van der Waals surface area contributed by atoms with Gasteiger partial charge < -0.3 is 15.4 Å². The highest BCUT2D eigenvalue weighted by Crippen LogP contribution is 2.17. The lowest BCUT2D eigenvalue weighted by Gasteiger charge is -2.07. The van der Waals surface area contributed by atoms with E-state index in [9.17, 15) is 18.0 Å². The van der Waals surface area contributed by atoms with Crippen LogP contribution in [-0.4, -0.2) is 31.9 Å². The van der Waals surface area contributed by atoms with Crippen molar-refractivity contribution in [1.29, 1.82) is 0 Å². The normalized spacial score (nSPS) is 11.0. The molecule has 0 bridgehead atoms. The van der Waals surface area contributed by atoms with E-state index in [4.69, 9.17) is 9.88 Å². The fourth-order valence-corrected chi connectivity index (χ4v) is 3.61. The van der Waals surface area contributed by atoms with E-state index < -0.39 is 28.5 Å². The molecule has 0 unspecified atom stereocenters. The van der Waals surface area contributed by atoms with Crippen molar-refractivity contribution in [3.63, 3.8) is 0 Å². The van der Waals surface area contributed by atoms with E-state index in [1.54, 1.807) is 0 Å². The number of carbonyl (C=O) groups excluding carboxylic acids is 2. The standard InChI is InChI=1S/C19H18N4O5S2/c20-30(26,27)15-8-4-7-14(9-15)22-17(24)11-28-18(25)16-12-29-19(23-16)21-10-13-5-2-1-3-6-13/h1-9,12H,10-11H2,(H,21,23)(H,22,24)(H2,20,26,27). The fraction of sp³-hybridized carbons (Fsp3) is 0.105. The maximum atomic E-state index is 12.1. The summed E-state index contributed by atoms with van der Waals surface area (Å²) in [5.74, 6) is -1.37. The molecule has 30 heavy (non-hydrogen) atoms. The number of hydrogen-bond acceptors (Lipinski definition) is 8. The van der Waals surface area contributed by atoms with Crippen molar-refractivity contribution < 1.29 is 22.7 Å². The van der Waals surface area contributed by atoms with Gasteiger partial charge in [-0.05, 0) is 23.8 Å². The Morgan fingerprint density at radius 2 is 1.87 bits per heavy atom. The summed E-state index contributed by atoms with van der Waals surface area (Å²) in [7, 11) is -3.89. The molecule has 9 nitrogen and oxygen atoms in total. The number of rotatable bonds is 8. The van der Waals surface area contributed by atoms with E-state index >= 15 is 0 Å². The molecule has 0 fully saturated rings. The molecule has 0 aliphatic rings. The highest BCUT2D eigenvalue weighted by atomic mass is 32.2. The summed E-state index contributed by atoms with van der Waals surface area (Å²) < 4.78 is 27.7. The first-order chi connectivity index (χ1) is 14.3. The maximum Gasteiger partial charge on any atom is 0.358 e. The molecular weight excluding hydrogens is 428 g/mol. The third kappa shape index (κ3) is 6.11. The molecule has 156 valence electrons. The first-order valence-corrected chi connectivity index (χ1v) is 11.1. The fourth-order valence-electron chi connectivity index (χ4n) is 2.38. The number of nitrogens with one attached hydrogen (secondary N) is 2. The third-order valence-corrected chi connectivity index (χ3v) is 5.49. The Kier molecular flexibility index (Phi) is 6.77. The van der Waals surface area contributed by atoms with Crippen LogP contribution in [0.4, 0.5) is 10.8 Å². The van der Waals surface area contributed by atoms with Gasteiger partial charge in [0, 0.05) is 17.6 Å². The zero-order valence-corrected chi connectivity index (χ0v) is 17.2. The van der Waals surface area contributed by atoms with Crippen molar-refractivity contribution in [1.82, 2.24) is 4.98 Å². The number of ether oxygens (including phenoxy) is 1. The molecule has 0 atom stereocenters. The largest absolute Gasteiger partial charge is 0.451 e. The first-order valence-electron chi connectivity index (χ1n) is 8.64. The van der Waals surface area contributed by atoms with Crippen LogP contribution in [0.2, 0.25) is 0 Å². The molecule has 0 spiro atoms. The zero-order valence-electron chi connectivity index (χ0n) is 15.6. The van der Waals surface area contributed by atoms with Gasteiger partial charge in [-0.15, -0.1) is 11.3 Å². The SMILES string of the molecule is NS(=O)(=O)c1cccc(NC(=O)COC(=O)c2csc(NCc3ccccc3)n2)c1. The number of aromatic nitrogens is 1. The van der Waals surface area contributed by atoms with Crippen LogP contribution in [0.5, 0.6) is 0 Å². The van der Waals surface area contributed by atoms with Crippen LogP contribution in [0.1, 0.15) is 16.1 Å². The van der Waals surface area contributed by atoms with E-state index in [0.29, 0.717) is 11.7 Å². The van der Waals surface area contributed by atoms with Crippen LogP contribution in [-0.2, 0) is 26.1 Å². The Morgan fingerprint density at radius 1 is 1.10 bits per heavy atom. The molecule has 4 N–H and O–H groups in total. The minimum Gasteiger partial charge on any atom is -0.451 e. The summed E-state index contributed by atoms with van der Waals surface area (Å²) in [5.41, 5.74) is 1.36. The topological polar surface area (TPSA) is 140 Å². The van der Waals surface area contributed by atoms with Gasteiger partial charge in [0.25, 0.3) is 5.91 Å². The summed E-state index contributed by atoms with van der Waals surface area (Å²) in [5, 5.41) is 12.7. The Morgan fingerprint density at radius 3 is 2.60 bits per heavy atom. The van der Waals surface area contributed by atoms with Crippen molar-refractivity contribution in [3.05, 3.63) is 71.2 Å². The minimum atomic E-state index is -3.89. The molecule has 0 radical (unpaired) electrons. The van der Waals surface area contributed by atoms with Gasteiger partial charge in [0.15, 0.2) is 17.4 Å². The molecule has 0 saturated carbocycles. The predicted molar refractivity (Wildman–Crippen MR) is 113 cm³/mol. The van der Waals surface area contributed by atoms with Crippen LogP contribution in [0, 0.1) is 0 Å². The van der Waals surface area contributed by atoms with Gasteiger partial charge in [0.1, 0.15) is 0 Å². The number of carbonyl (C=O) groups is 2. The first kappa shape index (κ1) is 21.4. The molecule has 11 heteroatoms. The summed E-state index contributed by atoms with van der Waals surface area (Å²) in [4.78, 5) is 28.1. The highest BCUT2D eigenvalue weighted by Gasteiger charge is 2.15. The van der Waals surface area contributed by atoms with Gasteiger partial charge in [0.2, 0.25) is 10.0 Å².